The summed E-state index contributed by atoms with van der Waals surface area (Å²) in [6.07, 6.45) is 2.49. The third-order valence-electron chi connectivity index (χ3n) is 3.56. The summed E-state index contributed by atoms with van der Waals surface area (Å²) in [6, 6.07) is 0. The lowest BCUT2D eigenvalue weighted by molar-refractivity contribution is -0.188. The second-order valence-corrected chi connectivity index (χ2v) is 6.12. The van der Waals surface area contributed by atoms with E-state index in [4.69, 9.17) is 9.84 Å². The van der Waals surface area contributed by atoms with Gasteiger partial charge >= 0.3 is 0 Å². The monoisotopic (exact) mass is 258 g/mol. The summed E-state index contributed by atoms with van der Waals surface area (Å²) < 4.78 is 5.52. The van der Waals surface area contributed by atoms with E-state index in [0.29, 0.717) is 30.6 Å². The third-order valence-corrected chi connectivity index (χ3v) is 3.56. The van der Waals surface area contributed by atoms with Gasteiger partial charge in [-0.15, -0.1) is 0 Å². The quantitative estimate of drug-likeness (QED) is 0.394. The van der Waals surface area contributed by atoms with E-state index in [1.807, 2.05) is 0 Å². The summed E-state index contributed by atoms with van der Waals surface area (Å²) in [5.41, 5.74) is -0.230. The van der Waals surface area contributed by atoms with Crippen molar-refractivity contribution in [1.29, 1.82) is 0 Å². The Hall–Kier alpha value is -0.540. The van der Waals surface area contributed by atoms with Crippen molar-refractivity contribution in [1.82, 2.24) is 0 Å². The zero-order valence-corrected chi connectivity index (χ0v) is 12.7. The Labute approximate surface area is 112 Å². The van der Waals surface area contributed by atoms with E-state index in [-0.39, 0.29) is 5.41 Å². The molecule has 0 aliphatic carbocycles. The largest absolute Gasteiger partial charge is 0.513 e. The summed E-state index contributed by atoms with van der Waals surface area (Å²) in [5, 5.41) is 19.3. The Morgan fingerprint density at radius 1 is 1.28 bits per heavy atom. The highest BCUT2D eigenvalue weighted by Gasteiger charge is 2.37. The number of rotatable bonds is 8. The molecule has 3 heteroatoms. The first-order chi connectivity index (χ1) is 8.20. The molecule has 0 aliphatic rings. The Balaban J connectivity index is 4.39. The lowest BCUT2D eigenvalue weighted by Gasteiger charge is -2.39. The highest BCUT2D eigenvalue weighted by molar-refractivity contribution is 4.86. The van der Waals surface area contributed by atoms with E-state index in [2.05, 4.69) is 34.6 Å². The summed E-state index contributed by atoms with van der Waals surface area (Å²) >= 11 is 0. The fourth-order valence-corrected chi connectivity index (χ4v) is 2.14. The molecule has 0 bridgehead atoms. The van der Waals surface area contributed by atoms with Crippen molar-refractivity contribution in [3.05, 3.63) is 11.8 Å². The van der Waals surface area contributed by atoms with Gasteiger partial charge in [-0.2, -0.15) is 0 Å². The molecule has 0 radical (unpaired) electrons. The van der Waals surface area contributed by atoms with Crippen molar-refractivity contribution in [2.75, 3.05) is 6.61 Å². The number of ether oxygens (including phenoxy) is 1. The van der Waals surface area contributed by atoms with Gasteiger partial charge in [0.25, 0.3) is 0 Å². The highest BCUT2D eigenvalue weighted by atomic mass is 16.6. The van der Waals surface area contributed by atoms with Crippen LogP contribution in [0.15, 0.2) is 11.8 Å². The first-order valence-corrected chi connectivity index (χ1v) is 6.85. The molecule has 18 heavy (non-hydrogen) atoms. The zero-order valence-electron chi connectivity index (χ0n) is 12.7. The standard InChI is InChI=1S/C15H30O3/c1-11(2)10-15(6,12(3)4)14(17)18-9-7-8-13(5)16/h8,11-12,14,16-17H,7,9-10H2,1-6H3/b13-8+/t14?,15-/m0/s1. The van der Waals surface area contributed by atoms with Crippen molar-refractivity contribution >= 4 is 0 Å². The molecule has 0 aromatic heterocycles. The average molecular weight is 258 g/mol. The van der Waals surface area contributed by atoms with Crippen LogP contribution in [0.5, 0.6) is 0 Å². The molecule has 0 aliphatic heterocycles. The SMILES string of the molecule is C/C(O)=C\CCOC(O)[C@@](C)(CC(C)C)C(C)C. The van der Waals surface area contributed by atoms with Crippen LogP contribution >= 0.6 is 0 Å². The Morgan fingerprint density at radius 3 is 2.22 bits per heavy atom. The minimum Gasteiger partial charge on any atom is -0.513 e. The number of hydrogen-bond acceptors (Lipinski definition) is 3. The predicted molar refractivity (Wildman–Crippen MR) is 75.4 cm³/mol. The van der Waals surface area contributed by atoms with Crippen LogP contribution in [0.25, 0.3) is 0 Å². The van der Waals surface area contributed by atoms with Crippen molar-refractivity contribution in [3.8, 4) is 0 Å². The molecule has 0 fully saturated rings. The molecule has 2 N–H and O–H groups in total. The fourth-order valence-electron chi connectivity index (χ4n) is 2.14. The molecule has 3 nitrogen and oxygen atoms in total. The van der Waals surface area contributed by atoms with E-state index in [1.165, 1.54) is 0 Å². The number of hydrogen-bond donors (Lipinski definition) is 2. The first kappa shape index (κ1) is 17.5. The van der Waals surface area contributed by atoms with E-state index in [0.717, 1.165) is 6.42 Å². The lowest BCUT2D eigenvalue weighted by atomic mass is 9.72. The molecule has 108 valence electrons. The van der Waals surface area contributed by atoms with Crippen LogP contribution in [-0.2, 0) is 4.74 Å². The van der Waals surface area contributed by atoms with E-state index >= 15 is 0 Å². The van der Waals surface area contributed by atoms with Crippen LogP contribution in [0.3, 0.4) is 0 Å². The summed E-state index contributed by atoms with van der Waals surface area (Å²) in [7, 11) is 0. The number of aliphatic hydroxyl groups is 2. The fraction of sp³-hybridized carbons (Fsp3) is 0.867. The zero-order chi connectivity index (χ0) is 14.3. The topological polar surface area (TPSA) is 49.7 Å². The number of aliphatic hydroxyl groups excluding tert-OH is 2. The summed E-state index contributed by atoms with van der Waals surface area (Å²) in [5.74, 6) is 1.17. The smallest absolute Gasteiger partial charge is 0.160 e. The van der Waals surface area contributed by atoms with Gasteiger partial charge in [-0.1, -0.05) is 34.6 Å². The van der Waals surface area contributed by atoms with Gasteiger partial charge in [0.05, 0.1) is 12.4 Å². The Morgan fingerprint density at radius 2 is 1.83 bits per heavy atom. The molecule has 0 amide bonds. The van der Waals surface area contributed by atoms with Crippen molar-refractivity contribution in [2.45, 2.75) is 60.7 Å². The van der Waals surface area contributed by atoms with E-state index in [9.17, 15) is 5.11 Å². The van der Waals surface area contributed by atoms with Gasteiger partial charge in [-0.3, -0.25) is 0 Å². The van der Waals surface area contributed by atoms with Crippen LogP contribution in [0.2, 0.25) is 0 Å². The van der Waals surface area contributed by atoms with Gasteiger partial charge in [0.2, 0.25) is 0 Å². The Bertz CT molecular complexity index is 254. The minimum atomic E-state index is -0.757. The maximum Gasteiger partial charge on any atom is 0.160 e. The summed E-state index contributed by atoms with van der Waals surface area (Å²) in [6.45, 7) is 12.7. The molecular weight excluding hydrogens is 228 g/mol. The van der Waals surface area contributed by atoms with Crippen molar-refractivity contribution < 1.29 is 14.9 Å². The molecular formula is C15H30O3. The molecule has 0 rings (SSSR count). The summed E-state index contributed by atoms with van der Waals surface area (Å²) in [4.78, 5) is 0. The van der Waals surface area contributed by atoms with E-state index < -0.39 is 6.29 Å². The molecule has 0 spiro atoms. The molecule has 0 saturated carbocycles. The van der Waals surface area contributed by atoms with Gasteiger partial charge < -0.3 is 14.9 Å². The van der Waals surface area contributed by atoms with Gasteiger partial charge in [0.1, 0.15) is 0 Å². The first-order valence-electron chi connectivity index (χ1n) is 6.85. The van der Waals surface area contributed by atoms with Gasteiger partial charge in [0, 0.05) is 5.41 Å². The maximum absolute atomic E-state index is 10.2. The second-order valence-electron chi connectivity index (χ2n) is 6.12. The normalized spacial score (nSPS) is 18.2. The lowest BCUT2D eigenvalue weighted by Crippen LogP contribution is -2.40. The van der Waals surface area contributed by atoms with E-state index in [1.54, 1.807) is 13.0 Å². The van der Waals surface area contributed by atoms with Gasteiger partial charge in [-0.25, -0.2) is 0 Å². The van der Waals surface area contributed by atoms with Crippen LogP contribution in [0.1, 0.15) is 54.4 Å². The second kappa shape index (κ2) is 7.80. The molecule has 0 heterocycles. The molecule has 0 aromatic rings. The van der Waals surface area contributed by atoms with Crippen molar-refractivity contribution in [3.63, 3.8) is 0 Å². The number of allylic oxidation sites excluding steroid dienone is 1. The molecule has 1 unspecified atom stereocenters. The molecule has 0 aromatic carbocycles. The van der Waals surface area contributed by atoms with Gasteiger partial charge in [-0.05, 0) is 37.7 Å². The predicted octanol–water partition coefficient (Wildman–Crippen LogP) is 3.88. The van der Waals surface area contributed by atoms with Crippen molar-refractivity contribution in [2.24, 2.45) is 17.3 Å². The molecule has 0 saturated heterocycles. The molecule has 2 atom stereocenters. The minimum absolute atomic E-state index is 0.230. The third kappa shape index (κ3) is 5.87. The van der Waals surface area contributed by atoms with Gasteiger partial charge in [0.15, 0.2) is 6.29 Å². The Kier molecular flexibility index (Phi) is 7.56. The highest BCUT2D eigenvalue weighted by Crippen LogP contribution is 2.38. The maximum atomic E-state index is 10.2. The van der Waals surface area contributed by atoms with Crippen LogP contribution in [0, 0.1) is 17.3 Å². The van der Waals surface area contributed by atoms with Crippen LogP contribution in [-0.4, -0.2) is 23.1 Å². The average Bonchev–Trinajstić information content (AvgIpc) is 2.22. The van der Waals surface area contributed by atoms with Crippen LogP contribution in [0.4, 0.5) is 0 Å². The van der Waals surface area contributed by atoms with Crippen LogP contribution < -0.4 is 0 Å².